The fourth-order valence-corrected chi connectivity index (χ4v) is 1.73. The first-order valence-electron chi connectivity index (χ1n) is 7.21. The van der Waals surface area contributed by atoms with Crippen LogP contribution in [0.25, 0.3) is 0 Å². The Kier molecular flexibility index (Phi) is 12.7. The Morgan fingerprint density at radius 1 is 0.708 bits per heavy atom. The van der Waals surface area contributed by atoms with E-state index in [1.807, 2.05) is 0 Å². The number of hydrogen-bond donors (Lipinski definition) is 8. The predicted molar refractivity (Wildman–Crippen MR) is 88.3 cm³/mol. The third-order valence-electron chi connectivity index (χ3n) is 2.84. The molecule has 0 aromatic heterocycles. The molecule has 4 atom stereocenters. The van der Waals surface area contributed by atoms with Crippen molar-refractivity contribution in [2.24, 2.45) is 0 Å². The largest absolute Gasteiger partial charge is 0.388 e. The van der Waals surface area contributed by atoms with Crippen molar-refractivity contribution in [1.29, 1.82) is 0 Å². The fraction of sp³-hybridized carbons (Fsp3) is 0.833. The molecule has 8 N–H and O–H groups in total. The molecule has 0 saturated carbocycles. The summed E-state index contributed by atoms with van der Waals surface area (Å²) in [5.74, 6) is 0.434. The number of aliphatic hydroxyl groups is 4. The molecule has 0 aliphatic rings. The topological polar surface area (TPSA) is 163 Å². The molecule has 0 radical (unpaired) electrons. The van der Waals surface area contributed by atoms with Gasteiger partial charge in [-0.25, -0.2) is 9.59 Å². The van der Waals surface area contributed by atoms with Crippen LogP contribution in [0, 0.1) is 0 Å². The van der Waals surface area contributed by atoms with Crippen molar-refractivity contribution in [1.82, 2.24) is 21.3 Å². The van der Waals surface area contributed by atoms with Crippen LogP contribution in [0.1, 0.15) is 0 Å². The Bertz CT molecular complexity index is 345. The molecule has 0 heterocycles. The van der Waals surface area contributed by atoms with Gasteiger partial charge in [0.25, 0.3) is 0 Å². The van der Waals surface area contributed by atoms with Gasteiger partial charge < -0.3 is 41.7 Å². The summed E-state index contributed by atoms with van der Waals surface area (Å²) >= 11 is 10.8. The Balaban J connectivity index is 4.15. The highest BCUT2D eigenvalue weighted by Gasteiger charge is 2.30. The standard InChI is InChI=1S/C12H24Cl2N4O6/c13-1-3-15-11(23)17-5-7(19)9(21)10(22)8(20)6-18-12(24)16-4-2-14/h7-10,19-22H,1-6H2,(H2,15,17,23)(H2,16,18,24)/t7-,8+,9+,10-. The summed E-state index contributed by atoms with van der Waals surface area (Å²) in [7, 11) is 0. The van der Waals surface area contributed by atoms with Crippen LogP contribution in [0.15, 0.2) is 0 Å². The van der Waals surface area contributed by atoms with E-state index >= 15 is 0 Å². The minimum Gasteiger partial charge on any atom is -0.388 e. The molecule has 0 saturated heterocycles. The SMILES string of the molecule is O=C(NCCCl)NC[C@@H](O)[C@H](O)[C@H](O)[C@@H](O)CNC(=O)NCCCl. The Labute approximate surface area is 149 Å². The summed E-state index contributed by atoms with van der Waals surface area (Å²) < 4.78 is 0. The Hall–Kier alpha value is -1.04. The van der Waals surface area contributed by atoms with E-state index in [0.717, 1.165) is 0 Å². The molecule has 0 aliphatic heterocycles. The molecule has 24 heavy (non-hydrogen) atoms. The van der Waals surface area contributed by atoms with Gasteiger partial charge in [0.1, 0.15) is 12.2 Å². The monoisotopic (exact) mass is 390 g/mol. The Morgan fingerprint density at radius 3 is 1.33 bits per heavy atom. The minimum absolute atomic E-state index is 0.217. The van der Waals surface area contributed by atoms with E-state index in [9.17, 15) is 30.0 Å². The van der Waals surface area contributed by atoms with Gasteiger partial charge in [-0.3, -0.25) is 0 Å². The zero-order valence-corrected chi connectivity index (χ0v) is 14.4. The number of carbonyl (C=O) groups excluding carboxylic acids is 2. The van der Waals surface area contributed by atoms with E-state index in [2.05, 4.69) is 21.3 Å². The van der Waals surface area contributed by atoms with Crippen LogP contribution < -0.4 is 21.3 Å². The summed E-state index contributed by atoms with van der Waals surface area (Å²) in [4.78, 5) is 22.5. The van der Waals surface area contributed by atoms with Crippen LogP contribution in [0.5, 0.6) is 0 Å². The van der Waals surface area contributed by atoms with Crippen molar-refractivity contribution in [3.05, 3.63) is 0 Å². The highest BCUT2D eigenvalue weighted by atomic mass is 35.5. The average Bonchev–Trinajstić information content (AvgIpc) is 2.58. The van der Waals surface area contributed by atoms with Gasteiger partial charge in [-0.2, -0.15) is 0 Å². The summed E-state index contributed by atoms with van der Waals surface area (Å²) in [5, 5.41) is 48.2. The number of aliphatic hydroxyl groups excluding tert-OH is 4. The van der Waals surface area contributed by atoms with Gasteiger partial charge in [0.05, 0.1) is 12.2 Å². The van der Waals surface area contributed by atoms with Gasteiger partial charge in [-0.15, -0.1) is 23.2 Å². The average molecular weight is 391 g/mol. The van der Waals surface area contributed by atoms with Crippen LogP contribution in [0.2, 0.25) is 0 Å². The first-order valence-corrected chi connectivity index (χ1v) is 8.28. The van der Waals surface area contributed by atoms with Gasteiger partial charge in [0.2, 0.25) is 0 Å². The quantitative estimate of drug-likeness (QED) is 0.182. The van der Waals surface area contributed by atoms with E-state index < -0.39 is 36.5 Å². The molecule has 4 amide bonds. The second-order valence-electron chi connectivity index (χ2n) is 4.77. The zero-order valence-electron chi connectivity index (χ0n) is 12.9. The maximum atomic E-state index is 11.2. The molecule has 0 spiro atoms. The van der Waals surface area contributed by atoms with Crippen molar-refractivity contribution in [2.75, 3.05) is 37.9 Å². The van der Waals surface area contributed by atoms with E-state index in [0.29, 0.717) is 0 Å². The molecule has 0 bridgehead atoms. The lowest BCUT2D eigenvalue weighted by molar-refractivity contribution is -0.101. The number of nitrogens with one attached hydrogen (secondary N) is 4. The summed E-state index contributed by atoms with van der Waals surface area (Å²) in [6, 6.07) is -1.20. The van der Waals surface area contributed by atoms with E-state index in [4.69, 9.17) is 23.2 Å². The van der Waals surface area contributed by atoms with E-state index in [1.54, 1.807) is 0 Å². The normalized spacial score (nSPS) is 15.8. The zero-order chi connectivity index (χ0) is 18.5. The van der Waals surface area contributed by atoms with Crippen LogP contribution in [-0.2, 0) is 0 Å². The lowest BCUT2D eigenvalue weighted by Crippen LogP contribution is -2.53. The third kappa shape index (κ3) is 9.96. The molecule has 0 aromatic carbocycles. The molecule has 0 aliphatic carbocycles. The van der Waals surface area contributed by atoms with Crippen LogP contribution >= 0.6 is 23.2 Å². The maximum absolute atomic E-state index is 11.2. The van der Waals surface area contributed by atoms with E-state index in [-0.39, 0.29) is 37.9 Å². The lowest BCUT2D eigenvalue weighted by Gasteiger charge is -2.26. The Morgan fingerprint density at radius 2 is 1.04 bits per heavy atom. The van der Waals surface area contributed by atoms with Crippen molar-refractivity contribution in [3.63, 3.8) is 0 Å². The highest BCUT2D eigenvalue weighted by Crippen LogP contribution is 2.04. The van der Waals surface area contributed by atoms with Gasteiger partial charge in [0.15, 0.2) is 0 Å². The second-order valence-corrected chi connectivity index (χ2v) is 5.52. The summed E-state index contributed by atoms with van der Waals surface area (Å²) in [6.45, 7) is -0.263. The number of hydrogen-bond acceptors (Lipinski definition) is 6. The smallest absolute Gasteiger partial charge is 0.314 e. The highest BCUT2D eigenvalue weighted by molar-refractivity contribution is 6.18. The number of urea groups is 2. The predicted octanol–water partition coefficient (Wildman–Crippen LogP) is -2.49. The summed E-state index contributed by atoms with van der Waals surface area (Å²) in [5.41, 5.74) is 0. The first kappa shape index (κ1) is 23.0. The molecule has 142 valence electrons. The third-order valence-corrected chi connectivity index (χ3v) is 3.22. The number of halogens is 2. The maximum Gasteiger partial charge on any atom is 0.314 e. The first-order chi connectivity index (χ1) is 11.3. The van der Waals surface area contributed by atoms with Crippen LogP contribution in [-0.4, -0.2) is 94.8 Å². The molecule has 0 fully saturated rings. The number of alkyl halides is 2. The van der Waals surface area contributed by atoms with Crippen LogP contribution in [0.3, 0.4) is 0 Å². The number of rotatable bonds is 11. The van der Waals surface area contributed by atoms with Crippen LogP contribution in [0.4, 0.5) is 9.59 Å². The molecule has 0 aromatic rings. The lowest BCUT2D eigenvalue weighted by atomic mass is 10.0. The van der Waals surface area contributed by atoms with Gasteiger partial charge in [0, 0.05) is 37.9 Å². The summed E-state index contributed by atoms with van der Waals surface area (Å²) in [6.07, 6.45) is -6.52. The van der Waals surface area contributed by atoms with Crippen molar-refractivity contribution in [2.45, 2.75) is 24.4 Å². The van der Waals surface area contributed by atoms with Crippen molar-refractivity contribution in [3.8, 4) is 0 Å². The second kappa shape index (κ2) is 13.3. The fourth-order valence-electron chi connectivity index (χ4n) is 1.54. The molecule has 0 rings (SSSR count). The minimum atomic E-state index is -1.74. The van der Waals surface area contributed by atoms with Gasteiger partial charge in [-0.1, -0.05) is 0 Å². The molecule has 0 unspecified atom stereocenters. The van der Waals surface area contributed by atoms with Crippen molar-refractivity contribution >= 4 is 35.3 Å². The molecule has 10 nitrogen and oxygen atoms in total. The number of carbonyl (C=O) groups is 2. The van der Waals surface area contributed by atoms with Crippen molar-refractivity contribution < 1.29 is 30.0 Å². The van der Waals surface area contributed by atoms with Gasteiger partial charge in [-0.05, 0) is 0 Å². The molecule has 12 heteroatoms. The number of amides is 4. The molecular formula is C12H24Cl2N4O6. The van der Waals surface area contributed by atoms with Gasteiger partial charge >= 0.3 is 12.1 Å². The molecular weight excluding hydrogens is 367 g/mol. The van der Waals surface area contributed by atoms with E-state index in [1.165, 1.54) is 0 Å².